The summed E-state index contributed by atoms with van der Waals surface area (Å²) in [4.78, 5) is 15.0. The van der Waals surface area contributed by atoms with Crippen molar-refractivity contribution in [1.82, 2.24) is 14.5 Å². The lowest BCUT2D eigenvalue weighted by Crippen LogP contribution is -2.43. The first-order valence-corrected chi connectivity index (χ1v) is 10.5. The maximum atomic E-state index is 12.8. The number of sulfonamides is 1. The van der Waals surface area contributed by atoms with Gasteiger partial charge in [-0.1, -0.05) is 12.5 Å². The number of nitrogens with one attached hydrogen (secondary N) is 1. The largest absolute Gasteiger partial charge is 0.349 e. The van der Waals surface area contributed by atoms with E-state index in [0.717, 1.165) is 45.2 Å². The van der Waals surface area contributed by atoms with Gasteiger partial charge in [-0.15, -0.1) is 0 Å². The monoisotopic (exact) mass is 365 g/mol. The summed E-state index contributed by atoms with van der Waals surface area (Å²) in [5, 5.41) is 3.04. The molecule has 25 heavy (non-hydrogen) atoms. The van der Waals surface area contributed by atoms with Gasteiger partial charge in [0.1, 0.15) is 0 Å². The Bertz CT molecular complexity index is 706. The minimum Gasteiger partial charge on any atom is -0.349 e. The molecule has 3 rings (SSSR count). The van der Waals surface area contributed by atoms with Crippen LogP contribution in [-0.4, -0.2) is 62.8 Å². The SMILES string of the molecule is CN1CCC(NC(=O)c2cccc(S(=O)(=O)N3CCCCC3)c2)CC1. The first kappa shape index (κ1) is 18.4. The van der Waals surface area contributed by atoms with Crippen LogP contribution in [0.5, 0.6) is 0 Å². The molecule has 7 heteroatoms. The maximum absolute atomic E-state index is 12.8. The normalized spacial score (nSPS) is 21.2. The Balaban J connectivity index is 1.71. The van der Waals surface area contributed by atoms with E-state index in [4.69, 9.17) is 0 Å². The topological polar surface area (TPSA) is 69.7 Å². The summed E-state index contributed by atoms with van der Waals surface area (Å²) >= 11 is 0. The Morgan fingerprint density at radius 2 is 1.76 bits per heavy atom. The highest BCUT2D eigenvalue weighted by Gasteiger charge is 2.27. The van der Waals surface area contributed by atoms with Gasteiger partial charge in [0.25, 0.3) is 5.91 Å². The summed E-state index contributed by atoms with van der Waals surface area (Å²) in [6.45, 7) is 3.06. The second kappa shape index (κ2) is 7.85. The zero-order valence-electron chi connectivity index (χ0n) is 14.8. The number of hydrogen-bond donors (Lipinski definition) is 1. The van der Waals surface area contributed by atoms with Crippen molar-refractivity contribution in [1.29, 1.82) is 0 Å². The van der Waals surface area contributed by atoms with Crippen LogP contribution in [0.4, 0.5) is 0 Å². The molecule has 138 valence electrons. The minimum atomic E-state index is -3.51. The predicted octanol–water partition coefficient (Wildman–Crippen LogP) is 1.69. The molecule has 0 radical (unpaired) electrons. The molecule has 2 fully saturated rings. The molecule has 0 bridgehead atoms. The van der Waals surface area contributed by atoms with E-state index >= 15 is 0 Å². The minimum absolute atomic E-state index is 0.158. The molecule has 1 aromatic carbocycles. The lowest BCUT2D eigenvalue weighted by molar-refractivity contribution is 0.0916. The van der Waals surface area contributed by atoms with Crippen LogP contribution in [0.2, 0.25) is 0 Å². The van der Waals surface area contributed by atoms with Gasteiger partial charge in [0.2, 0.25) is 10.0 Å². The fourth-order valence-corrected chi connectivity index (χ4v) is 5.04. The highest BCUT2D eigenvalue weighted by atomic mass is 32.2. The molecular weight excluding hydrogens is 338 g/mol. The van der Waals surface area contributed by atoms with E-state index in [2.05, 4.69) is 17.3 Å². The second-order valence-electron chi connectivity index (χ2n) is 7.04. The van der Waals surface area contributed by atoms with E-state index in [9.17, 15) is 13.2 Å². The van der Waals surface area contributed by atoms with E-state index in [1.807, 2.05) is 0 Å². The van der Waals surface area contributed by atoms with Crippen LogP contribution in [0.25, 0.3) is 0 Å². The molecule has 0 atom stereocenters. The number of amides is 1. The fraction of sp³-hybridized carbons (Fsp3) is 0.611. The lowest BCUT2D eigenvalue weighted by atomic mass is 10.0. The molecule has 6 nitrogen and oxygen atoms in total. The van der Waals surface area contributed by atoms with Crippen molar-refractivity contribution in [3.63, 3.8) is 0 Å². The van der Waals surface area contributed by atoms with Gasteiger partial charge < -0.3 is 10.2 Å². The third-order valence-electron chi connectivity index (χ3n) is 5.10. The molecule has 0 aliphatic carbocycles. The molecule has 0 aromatic heterocycles. The highest BCUT2D eigenvalue weighted by molar-refractivity contribution is 7.89. The summed E-state index contributed by atoms with van der Waals surface area (Å²) in [7, 11) is -1.44. The van der Waals surface area contributed by atoms with Crippen molar-refractivity contribution in [2.45, 2.75) is 43.0 Å². The summed E-state index contributed by atoms with van der Waals surface area (Å²) in [5.74, 6) is -0.190. The van der Waals surface area contributed by atoms with Gasteiger partial charge >= 0.3 is 0 Å². The number of nitrogens with zero attached hydrogens (tertiary/aromatic N) is 2. The average Bonchev–Trinajstić information content (AvgIpc) is 2.64. The predicted molar refractivity (Wildman–Crippen MR) is 97.0 cm³/mol. The molecule has 2 saturated heterocycles. The molecule has 1 aromatic rings. The second-order valence-corrected chi connectivity index (χ2v) is 8.98. The van der Waals surface area contributed by atoms with Gasteiger partial charge in [-0.2, -0.15) is 4.31 Å². The van der Waals surface area contributed by atoms with E-state index < -0.39 is 10.0 Å². The number of carbonyl (C=O) groups excluding carboxylic acids is 1. The number of carbonyl (C=O) groups is 1. The van der Waals surface area contributed by atoms with Gasteiger partial charge in [0, 0.05) is 24.7 Å². The van der Waals surface area contributed by atoms with E-state index in [1.165, 1.54) is 10.4 Å². The summed E-state index contributed by atoms with van der Waals surface area (Å²) in [6, 6.07) is 6.58. The molecule has 1 amide bonds. The Hall–Kier alpha value is -1.44. The van der Waals surface area contributed by atoms with E-state index in [0.29, 0.717) is 18.7 Å². The quantitative estimate of drug-likeness (QED) is 0.881. The van der Waals surface area contributed by atoms with Crippen molar-refractivity contribution >= 4 is 15.9 Å². The van der Waals surface area contributed by atoms with E-state index in [1.54, 1.807) is 18.2 Å². The standard InChI is InChI=1S/C18H27N3O3S/c1-20-12-8-16(9-13-20)19-18(22)15-6-5-7-17(14-15)25(23,24)21-10-3-2-4-11-21/h5-7,14,16H,2-4,8-13H2,1H3,(H,19,22). The average molecular weight is 365 g/mol. The molecule has 1 N–H and O–H groups in total. The van der Waals surface area contributed by atoms with Crippen LogP contribution in [-0.2, 0) is 10.0 Å². The van der Waals surface area contributed by atoms with Gasteiger partial charge in [-0.05, 0) is 64.0 Å². The van der Waals surface area contributed by atoms with Crippen LogP contribution in [0.15, 0.2) is 29.2 Å². The molecule has 2 heterocycles. The number of likely N-dealkylation sites (tertiary alicyclic amines) is 1. The van der Waals surface area contributed by atoms with Crippen LogP contribution in [0.1, 0.15) is 42.5 Å². The molecule has 2 aliphatic heterocycles. The zero-order valence-corrected chi connectivity index (χ0v) is 15.6. The van der Waals surface area contributed by atoms with Gasteiger partial charge in [-0.25, -0.2) is 8.42 Å². The Kier molecular flexibility index (Phi) is 5.76. The Morgan fingerprint density at radius 1 is 1.08 bits per heavy atom. The van der Waals surface area contributed by atoms with Crippen molar-refractivity contribution in [2.75, 3.05) is 33.2 Å². The van der Waals surface area contributed by atoms with E-state index in [-0.39, 0.29) is 16.8 Å². The van der Waals surface area contributed by atoms with Crippen molar-refractivity contribution in [3.8, 4) is 0 Å². The third kappa shape index (κ3) is 4.40. The van der Waals surface area contributed by atoms with Gasteiger partial charge in [0.15, 0.2) is 0 Å². The van der Waals surface area contributed by atoms with Crippen molar-refractivity contribution in [3.05, 3.63) is 29.8 Å². The maximum Gasteiger partial charge on any atom is 0.251 e. The van der Waals surface area contributed by atoms with Crippen LogP contribution in [0.3, 0.4) is 0 Å². The third-order valence-corrected chi connectivity index (χ3v) is 7.00. The smallest absolute Gasteiger partial charge is 0.251 e. The number of rotatable bonds is 4. The molecule has 0 spiro atoms. The van der Waals surface area contributed by atoms with Crippen molar-refractivity contribution < 1.29 is 13.2 Å². The summed E-state index contributed by atoms with van der Waals surface area (Å²) in [6.07, 6.45) is 4.72. The van der Waals surface area contributed by atoms with Crippen LogP contribution < -0.4 is 5.32 Å². The van der Waals surface area contributed by atoms with Gasteiger partial charge in [0.05, 0.1) is 4.90 Å². The molecule has 0 saturated carbocycles. The molecule has 2 aliphatic rings. The summed E-state index contributed by atoms with van der Waals surface area (Å²) in [5.41, 5.74) is 0.414. The fourth-order valence-electron chi connectivity index (χ4n) is 3.47. The number of hydrogen-bond acceptors (Lipinski definition) is 4. The molecule has 0 unspecified atom stereocenters. The first-order chi connectivity index (χ1) is 12.0. The highest BCUT2D eigenvalue weighted by Crippen LogP contribution is 2.21. The molecular formula is C18H27N3O3S. The first-order valence-electron chi connectivity index (χ1n) is 9.06. The Morgan fingerprint density at radius 3 is 2.44 bits per heavy atom. The van der Waals surface area contributed by atoms with Crippen molar-refractivity contribution in [2.24, 2.45) is 0 Å². The van der Waals surface area contributed by atoms with Crippen LogP contribution in [0, 0.1) is 0 Å². The lowest BCUT2D eigenvalue weighted by Gasteiger charge is -2.29. The van der Waals surface area contributed by atoms with Crippen LogP contribution >= 0.6 is 0 Å². The number of piperidine rings is 2. The Labute approximate surface area is 150 Å². The number of benzene rings is 1. The zero-order chi connectivity index (χ0) is 17.9. The summed E-state index contributed by atoms with van der Waals surface area (Å²) < 4.78 is 27.1. The van der Waals surface area contributed by atoms with Gasteiger partial charge in [-0.3, -0.25) is 4.79 Å².